The monoisotopic (exact) mass is 537 g/mol. The highest BCUT2D eigenvalue weighted by atomic mass is 127. The van der Waals surface area contributed by atoms with Crippen LogP contribution in [0.25, 0.3) is 0 Å². The molecule has 2 aromatic rings. The summed E-state index contributed by atoms with van der Waals surface area (Å²) in [4.78, 5) is 17.5. The lowest BCUT2D eigenvalue weighted by molar-refractivity contribution is 0.0453. The Morgan fingerprint density at radius 3 is 2.39 bits per heavy atom. The van der Waals surface area contributed by atoms with Crippen LogP contribution in [0.4, 0.5) is 5.69 Å². The molecule has 168 valence electrons. The molecule has 3 rings (SSSR count). The van der Waals surface area contributed by atoms with Crippen LogP contribution in [0, 0.1) is 10.5 Å². The van der Waals surface area contributed by atoms with Gasteiger partial charge in [-0.05, 0) is 71.0 Å². The standard InChI is InChI=1S/C24H32IN3O3/c1-19-17-22(25)7-8-23(19)26-24(29)21-5-3-20(4-6-21)18-28-11-9-27(10-12-28)13-14-31-16-15-30-2/h3-8,17H,9-16,18H2,1-2H3,(H,26,29). The smallest absolute Gasteiger partial charge is 0.255 e. The molecule has 0 aromatic heterocycles. The van der Waals surface area contributed by atoms with Gasteiger partial charge in [0.05, 0.1) is 19.8 Å². The number of anilines is 1. The number of ether oxygens (including phenoxy) is 2. The fraction of sp³-hybridized carbons (Fsp3) is 0.458. The summed E-state index contributed by atoms with van der Waals surface area (Å²) in [6.45, 7) is 10.2. The summed E-state index contributed by atoms with van der Waals surface area (Å²) in [7, 11) is 1.69. The van der Waals surface area contributed by atoms with E-state index in [0.29, 0.717) is 18.8 Å². The van der Waals surface area contributed by atoms with E-state index in [-0.39, 0.29) is 5.91 Å². The number of carbonyl (C=O) groups is 1. The van der Waals surface area contributed by atoms with Crippen molar-refractivity contribution >= 4 is 34.2 Å². The van der Waals surface area contributed by atoms with Gasteiger partial charge in [0.2, 0.25) is 0 Å². The van der Waals surface area contributed by atoms with Crippen molar-refractivity contribution in [1.82, 2.24) is 9.80 Å². The summed E-state index contributed by atoms with van der Waals surface area (Å²) >= 11 is 2.28. The summed E-state index contributed by atoms with van der Waals surface area (Å²) in [6.07, 6.45) is 0. The highest BCUT2D eigenvalue weighted by Crippen LogP contribution is 2.19. The summed E-state index contributed by atoms with van der Waals surface area (Å²) in [5.74, 6) is -0.0720. The number of hydrogen-bond donors (Lipinski definition) is 1. The van der Waals surface area contributed by atoms with Crippen LogP contribution in [-0.4, -0.2) is 75.4 Å². The number of methoxy groups -OCH3 is 1. The normalized spacial score (nSPS) is 15.2. The first-order valence-electron chi connectivity index (χ1n) is 10.7. The summed E-state index contributed by atoms with van der Waals surface area (Å²) in [5, 5.41) is 3.01. The van der Waals surface area contributed by atoms with Crippen LogP contribution in [0.5, 0.6) is 0 Å². The highest BCUT2D eigenvalue weighted by Gasteiger charge is 2.17. The number of piperazine rings is 1. The van der Waals surface area contributed by atoms with Gasteiger partial charge in [0, 0.05) is 61.2 Å². The Morgan fingerprint density at radius 1 is 1.00 bits per heavy atom. The van der Waals surface area contributed by atoms with Gasteiger partial charge in [0.1, 0.15) is 0 Å². The van der Waals surface area contributed by atoms with Crippen LogP contribution in [0.15, 0.2) is 42.5 Å². The third-order valence-corrected chi connectivity index (χ3v) is 6.18. The molecule has 6 nitrogen and oxygen atoms in total. The maximum absolute atomic E-state index is 12.6. The van der Waals surface area contributed by atoms with E-state index in [1.165, 1.54) is 5.56 Å². The largest absolute Gasteiger partial charge is 0.382 e. The van der Waals surface area contributed by atoms with Crippen LogP contribution >= 0.6 is 22.6 Å². The second-order valence-corrected chi connectivity index (χ2v) is 9.08. The molecule has 0 radical (unpaired) electrons. The minimum atomic E-state index is -0.0720. The van der Waals surface area contributed by atoms with Gasteiger partial charge in [0.15, 0.2) is 0 Å². The molecule has 1 aliphatic heterocycles. The Kier molecular flexibility index (Phi) is 9.73. The Balaban J connectivity index is 1.42. The first-order valence-corrected chi connectivity index (χ1v) is 11.8. The molecule has 7 heteroatoms. The van der Waals surface area contributed by atoms with Crippen LogP contribution in [-0.2, 0) is 16.0 Å². The van der Waals surface area contributed by atoms with E-state index >= 15 is 0 Å². The average molecular weight is 537 g/mol. The van der Waals surface area contributed by atoms with Crippen molar-refractivity contribution in [3.8, 4) is 0 Å². The SMILES string of the molecule is COCCOCCN1CCN(Cc2ccc(C(=O)Nc3ccc(I)cc3C)cc2)CC1. The highest BCUT2D eigenvalue weighted by molar-refractivity contribution is 14.1. The van der Waals surface area contributed by atoms with Crippen LogP contribution in [0.2, 0.25) is 0 Å². The number of amides is 1. The summed E-state index contributed by atoms with van der Waals surface area (Å²) in [6, 6.07) is 14.0. The quantitative estimate of drug-likeness (QED) is 0.371. The molecule has 1 N–H and O–H groups in total. The Hall–Kier alpha value is -1.52. The number of hydrogen-bond acceptors (Lipinski definition) is 5. The first-order chi connectivity index (χ1) is 15.0. The maximum Gasteiger partial charge on any atom is 0.255 e. The van der Waals surface area contributed by atoms with Crippen molar-refractivity contribution in [2.75, 3.05) is 65.0 Å². The average Bonchev–Trinajstić information content (AvgIpc) is 2.77. The van der Waals surface area contributed by atoms with Gasteiger partial charge in [-0.3, -0.25) is 14.6 Å². The second kappa shape index (κ2) is 12.5. The van der Waals surface area contributed by atoms with Gasteiger partial charge in [-0.15, -0.1) is 0 Å². The first kappa shape index (κ1) is 24.1. The lowest BCUT2D eigenvalue weighted by Crippen LogP contribution is -2.46. The lowest BCUT2D eigenvalue weighted by atomic mass is 10.1. The number of nitrogens with one attached hydrogen (secondary N) is 1. The van der Waals surface area contributed by atoms with Gasteiger partial charge in [-0.25, -0.2) is 0 Å². The zero-order chi connectivity index (χ0) is 22.1. The molecule has 1 amide bonds. The summed E-state index contributed by atoms with van der Waals surface area (Å²) in [5.41, 5.74) is 3.84. The zero-order valence-corrected chi connectivity index (χ0v) is 20.6. The molecule has 0 spiro atoms. The van der Waals surface area contributed by atoms with Crippen molar-refractivity contribution in [3.63, 3.8) is 0 Å². The number of nitrogens with zero attached hydrogens (tertiary/aromatic N) is 2. The molecule has 31 heavy (non-hydrogen) atoms. The maximum atomic E-state index is 12.6. The number of carbonyl (C=O) groups excluding carboxylic acids is 1. The third-order valence-electron chi connectivity index (χ3n) is 5.51. The van der Waals surface area contributed by atoms with E-state index in [0.717, 1.165) is 60.7 Å². The van der Waals surface area contributed by atoms with Crippen molar-refractivity contribution in [2.24, 2.45) is 0 Å². The van der Waals surface area contributed by atoms with E-state index in [4.69, 9.17) is 9.47 Å². The minimum Gasteiger partial charge on any atom is -0.382 e. The molecule has 0 unspecified atom stereocenters. The Labute approximate surface area is 199 Å². The predicted octanol–water partition coefficient (Wildman–Crippen LogP) is 3.63. The predicted molar refractivity (Wildman–Crippen MR) is 133 cm³/mol. The van der Waals surface area contributed by atoms with E-state index in [9.17, 15) is 4.79 Å². The van der Waals surface area contributed by atoms with Crippen LogP contribution < -0.4 is 5.32 Å². The fourth-order valence-corrected chi connectivity index (χ4v) is 4.24. The molecule has 0 saturated carbocycles. The van der Waals surface area contributed by atoms with E-state index < -0.39 is 0 Å². The third kappa shape index (κ3) is 7.84. The van der Waals surface area contributed by atoms with Crippen molar-refractivity contribution < 1.29 is 14.3 Å². The van der Waals surface area contributed by atoms with Gasteiger partial charge >= 0.3 is 0 Å². The molecule has 1 aliphatic rings. The molecule has 1 saturated heterocycles. The summed E-state index contributed by atoms with van der Waals surface area (Å²) < 4.78 is 11.7. The molecule has 0 aliphatic carbocycles. The Morgan fingerprint density at radius 2 is 1.71 bits per heavy atom. The number of aryl methyl sites for hydroxylation is 1. The van der Waals surface area contributed by atoms with Gasteiger partial charge in [-0.1, -0.05) is 12.1 Å². The Bertz CT molecular complexity index is 836. The number of halogens is 1. The van der Waals surface area contributed by atoms with E-state index in [1.54, 1.807) is 7.11 Å². The molecule has 1 fully saturated rings. The number of rotatable bonds is 10. The lowest BCUT2D eigenvalue weighted by Gasteiger charge is -2.34. The molecule has 0 atom stereocenters. The van der Waals surface area contributed by atoms with Crippen molar-refractivity contribution in [2.45, 2.75) is 13.5 Å². The van der Waals surface area contributed by atoms with Gasteiger partial charge in [0.25, 0.3) is 5.91 Å². The van der Waals surface area contributed by atoms with Crippen molar-refractivity contribution in [1.29, 1.82) is 0 Å². The van der Waals surface area contributed by atoms with E-state index in [1.807, 2.05) is 31.2 Å². The van der Waals surface area contributed by atoms with Crippen LogP contribution in [0.1, 0.15) is 21.5 Å². The zero-order valence-electron chi connectivity index (χ0n) is 18.4. The van der Waals surface area contributed by atoms with E-state index in [2.05, 4.69) is 55.9 Å². The molecule has 1 heterocycles. The second-order valence-electron chi connectivity index (χ2n) is 7.83. The number of benzene rings is 2. The fourth-order valence-electron chi connectivity index (χ4n) is 3.59. The minimum absolute atomic E-state index is 0.0720. The topological polar surface area (TPSA) is 54.0 Å². The molecule has 0 bridgehead atoms. The molecular formula is C24H32IN3O3. The van der Waals surface area contributed by atoms with Crippen molar-refractivity contribution in [3.05, 3.63) is 62.7 Å². The molecule has 2 aromatic carbocycles. The van der Waals surface area contributed by atoms with Gasteiger partial charge in [-0.2, -0.15) is 0 Å². The van der Waals surface area contributed by atoms with Gasteiger partial charge < -0.3 is 14.8 Å². The molecular weight excluding hydrogens is 505 g/mol. The van der Waals surface area contributed by atoms with Crippen LogP contribution in [0.3, 0.4) is 0 Å².